The van der Waals surface area contributed by atoms with Gasteiger partial charge in [0, 0.05) is 11.1 Å². The van der Waals surface area contributed by atoms with Crippen molar-refractivity contribution in [2.24, 2.45) is 0 Å². The number of ether oxygens (including phenoxy) is 1. The number of rotatable bonds is 4. The lowest BCUT2D eigenvalue weighted by atomic mass is 9.97. The molecule has 0 aromatic heterocycles. The number of alkyl halides is 2. The van der Waals surface area contributed by atoms with Gasteiger partial charge in [-0.25, -0.2) is 13.6 Å². The lowest BCUT2D eigenvalue weighted by molar-refractivity contribution is 0.0521. The largest absolute Gasteiger partial charge is 0.462 e. The summed E-state index contributed by atoms with van der Waals surface area (Å²) in [6, 6.07) is 3.86. The smallest absolute Gasteiger partial charge is 0.339 e. The SMILES string of the molecule is CCOC(=O)c1c(C#N)ccc(C(F)F)c1CO. The standard InChI is InChI=1S/C12H11F2NO3/c1-2-18-12(17)10-7(5-15)3-4-8(11(13)14)9(10)6-16/h3-4,11,16H,2,6H2,1H3. The van der Waals surface area contributed by atoms with Gasteiger partial charge in [0.1, 0.15) is 6.07 Å². The Morgan fingerprint density at radius 1 is 1.56 bits per heavy atom. The predicted octanol–water partition coefficient (Wildman–Crippen LogP) is 2.16. The van der Waals surface area contributed by atoms with E-state index in [1.54, 1.807) is 13.0 Å². The second-order valence-corrected chi connectivity index (χ2v) is 3.35. The number of nitrogens with zero attached hydrogens (tertiary/aromatic N) is 1. The summed E-state index contributed by atoms with van der Waals surface area (Å²) in [4.78, 5) is 11.6. The Labute approximate surface area is 102 Å². The average Bonchev–Trinajstić information content (AvgIpc) is 2.36. The van der Waals surface area contributed by atoms with E-state index >= 15 is 0 Å². The summed E-state index contributed by atoms with van der Waals surface area (Å²) >= 11 is 0. The number of carbonyl (C=O) groups excluding carboxylic acids is 1. The Kier molecular flexibility index (Phi) is 4.75. The van der Waals surface area contributed by atoms with Crippen molar-refractivity contribution in [1.82, 2.24) is 0 Å². The van der Waals surface area contributed by atoms with Crippen LogP contribution in [0.2, 0.25) is 0 Å². The van der Waals surface area contributed by atoms with E-state index in [2.05, 4.69) is 0 Å². The van der Waals surface area contributed by atoms with Crippen LogP contribution in [0.3, 0.4) is 0 Å². The van der Waals surface area contributed by atoms with Crippen LogP contribution in [0.4, 0.5) is 8.78 Å². The Bertz CT molecular complexity index is 495. The fourth-order valence-corrected chi connectivity index (χ4v) is 1.57. The van der Waals surface area contributed by atoms with E-state index in [0.29, 0.717) is 0 Å². The van der Waals surface area contributed by atoms with Crippen LogP contribution in [0.5, 0.6) is 0 Å². The highest BCUT2D eigenvalue weighted by molar-refractivity contribution is 5.94. The molecule has 0 atom stereocenters. The number of hydrogen-bond donors (Lipinski definition) is 1. The van der Waals surface area contributed by atoms with Crippen molar-refractivity contribution in [1.29, 1.82) is 5.26 Å². The van der Waals surface area contributed by atoms with E-state index < -0.39 is 24.6 Å². The maximum absolute atomic E-state index is 12.7. The first kappa shape index (κ1) is 14.1. The van der Waals surface area contributed by atoms with Crippen LogP contribution in [-0.2, 0) is 11.3 Å². The molecule has 0 aliphatic heterocycles. The number of nitriles is 1. The summed E-state index contributed by atoms with van der Waals surface area (Å²) in [6.45, 7) is 0.844. The molecule has 0 radical (unpaired) electrons. The van der Waals surface area contributed by atoms with Crippen molar-refractivity contribution in [3.05, 3.63) is 34.4 Å². The summed E-state index contributed by atoms with van der Waals surface area (Å²) in [7, 11) is 0. The maximum Gasteiger partial charge on any atom is 0.339 e. The summed E-state index contributed by atoms with van der Waals surface area (Å²) in [6.07, 6.45) is -2.84. The van der Waals surface area contributed by atoms with Gasteiger partial charge in [-0.15, -0.1) is 0 Å². The van der Waals surface area contributed by atoms with Crippen LogP contribution in [0.25, 0.3) is 0 Å². The first-order valence-electron chi connectivity index (χ1n) is 5.18. The molecule has 0 fully saturated rings. The van der Waals surface area contributed by atoms with E-state index in [4.69, 9.17) is 15.1 Å². The lowest BCUT2D eigenvalue weighted by Gasteiger charge is -2.13. The molecular formula is C12H11F2NO3. The molecule has 0 spiro atoms. The second-order valence-electron chi connectivity index (χ2n) is 3.35. The number of halogens is 2. The van der Waals surface area contributed by atoms with Crippen molar-refractivity contribution in [2.75, 3.05) is 6.61 Å². The van der Waals surface area contributed by atoms with Gasteiger partial charge in [0.15, 0.2) is 0 Å². The van der Waals surface area contributed by atoms with Gasteiger partial charge in [0.05, 0.1) is 24.3 Å². The van der Waals surface area contributed by atoms with Crippen LogP contribution >= 0.6 is 0 Å². The van der Waals surface area contributed by atoms with Crippen molar-refractivity contribution < 1.29 is 23.4 Å². The van der Waals surface area contributed by atoms with Crippen molar-refractivity contribution in [3.8, 4) is 6.07 Å². The van der Waals surface area contributed by atoms with Gasteiger partial charge >= 0.3 is 5.97 Å². The highest BCUT2D eigenvalue weighted by Crippen LogP contribution is 2.28. The van der Waals surface area contributed by atoms with Crippen molar-refractivity contribution in [3.63, 3.8) is 0 Å². The fourth-order valence-electron chi connectivity index (χ4n) is 1.57. The molecule has 1 aromatic rings. The van der Waals surface area contributed by atoms with E-state index in [9.17, 15) is 13.6 Å². The molecule has 0 saturated heterocycles. The van der Waals surface area contributed by atoms with Gasteiger partial charge in [-0.3, -0.25) is 0 Å². The van der Waals surface area contributed by atoms with Crippen molar-refractivity contribution in [2.45, 2.75) is 20.0 Å². The second kappa shape index (κ2) is 6.07. The normalized spacial score (nSPS) is 10.2. The Morgan fingerprint density at radius 2 is 2.22 bits per heavy atom. The number of esters is 1. The van der Waals surface area contributed by atoms with Crippen LogP contribution < -0.4 is 0 Å². The minimum Gasteiger partial charge on any atom is -0.462 e. The van der Waals surface area contributed by atoms with E-state index in [1.165, 1.54) is 0 Å². The number of aliphatic hydroxyl groups is 1. The summed E-state index contributed by atoms with van der Waals surface area (Å²) in [5.41, 5.74) is -1.12. The average molecular weight is 255 g/mol. The highest BCUT2D eigenvalue weighted by Gasteiger charge is 2.23. The third-order valence-electron chi connectivity index (χ3n) is 2.34. The molecular weight excluding hydrogens is 244 g/mol. The number of carbonyl (C=O) groups is 1. The molecule has 1 rings (SSSR count). The summed E-state index contributed by atoms with van der Waals surface area (Å²) in [5.74, 6) is -0.888. The van der Waals surface area contributed by atoms with Crippen LogP contribution in [0.1, 0.15) is 40.4 Å². The first-order valence-corrected chi connectivity index (χ1v) is 5.18. The summed E-state index contributed by atoms with van der Waals surface area (Å²) in [5, 5.41) is 18.0. The molecule has 6 heteroatoms. The van der Waals surface area contributed by atoms with Crippen LogP contribution in [-0.4, -0.2) is 17.7 Å². The Morgan fingerprint density at radius 3 is 2.67 bits per heavy atom. The van der Waals surface area contributed by atoms with E-state index in [0.717, 1.165) is 12.1 Å². The Balaban J connectivity index is 3.47. The van der Waals surface area contributed by atoms with Crippen LogP contribution in [0.15, 0.2) is 12.1 Å². The molecule has 0 unspecified atom stereocenters. The predicted molar refractivity (Wildman–Crippen MR) is 58.0 cm³/mol. The molecule has 18 heavy (non-hydrogen) atoms. The molecule has 0 saturated carbocycles. The zero-order valence-electron chi connectivity index (χ0n) is 9.61. The molecule has 1 aromatic carbocycles. The summed E-state index contributed by atoms with van der Waals surface area (Å²) < 4.78 is 30.2. The highest BCUT2D eigenvalue weighted by atomic mass is 19.3. The number of hydrogen-bond acceptors (Lipinski definition) is 4. The number of benzene rings is 1. The quantitative estimate of drug-likeness (QED) is 0.837. The molecule has 0 aliphatic rings. The molecule has 0 aliphatic carbocycles. The molecule has 0 bridgehead atoms. The van der Waals surface area contributed by atoms with E-state index in [1.807, 2.05) is 0 Å². The topological polar surface area (TPSA) is 70.3 Å². The van der Waals surface area contributed by atoms with Crippen molar-refractivity contribution >= 4 is 5.97 Å². The minimum atomic E-state index is -2.84. The third-order valence-corrected chi connectivity index (χ3v) is 2.34. The Hall–Kier alpha value is -2.00. The number of aliphatic hydroxyl groups excluding tert-OH is 1. The van der Waals surface area contributed by atoms with Gasteiger partial charge in [0.25, 0.3) is 6.43 Å². The molecule has 4 nitrogen and oxygen atoms in total. The molecule has 1 N–H and O–H groups in total. The molecule has 0 heterocycles. The lowest BCUT2D eigenvalue weighted by Crippen LogP contribution is -2.13. The maximum atomic E-state index is 12.7. The third kappa shape index (κ3) is 2.63. The zero-order chi connectivity index (χ0) is 13.7. The van der Waals surface area contributed by atoms with E-state index in [-0.39, 0.29) is 23.3 Å². The molecule has 0 amide bonds. The van der Waals surface area contributed by atoms with Gasteiger partial charge < -0.3 is 9.84 Å². The molecule has 96 valence electrons. The minimum absolute atomic E-state index is 0.0491. The van der Waals surface area contributed by atoms with Gasteiger partial charge in [0.2, 0.25) is 0 Å². The monoisotopic (exact) mass is 255 g/mol. The fraction of sp³-hybridized carbons (Fsp3) is 0.333. The zero-order valence-corrected chi connectivity index (χ0v) is 9.61. The van der Waals surface area contributed by atoms with Gasteiger partial charge in [-0.1, -0.05) is 6.07 Å². The first-order chi connectivity index (χ1) is 8.56. The van der Waals surface area contributed by atoms with Crippen LogP contribution in [0, 0.1) is 11.3 Å². The van der Waals surface area contributed by atoms with Gasteiger partial charge in [-0.2, -0.15) is 5.26 Å². The van der Waals surface area contributed by atoms with Gasteiger partial charge in [-0.05, 0) is 13.0 Å².